The zero-order valence-corrected chi connectivity index (χ0v) is 14.8. The summed E-state index contributed by atoms with van der Waals surface area (Å²) in [6.07, 6.45) is 8.84. The maximum atomic E-state index is 9.67. The van der Waals surface area contributed by atoms with E-state index in [-0.39, 0.29) is 6.61 Å². The Bertz CT molecular complexity index is 562. The van der Waals surface area contributed by atoms with Crippen molar-refractivity contribution in [3.8, 4) is 0 Å². The highest BCUT2D eigenvalue weighted by Gasteiger charge is 2.51. The van der Waals surface area contributed by atoms with Crippen LogP contribution in [0.15, 0.2) is 18.2 Å². The van der Waals surface area contributed by atoms with Crippen molar-refractivity contribution >= 4 is 5.69 Å². The second-order valence-electron chi connectivity index (χ2n) is 8.64. The van der Waals surface area contributed by atoms with Crippen LogP contribution in [0.3, 0.4) is 0 Å². The average Bonchev–Trinajstić information content (AvgIpc) is 2.58. The Labute approximate surface area is 145 Å². The lowest BCUT2D eigenvalue weighted by molar-refractivity contribution is -0.00517. The summed E-state index contributed by atoms with van der Waals surface area (Å²) in [5.74, 6) is 2.86. The van der Waals surface area contributed by atoms with E-state index in [9.17, 15) is 5.11 Å². The quantitative estimate of drug-likeness (QED) is 0.749. The smallest absolute Gasteiger partial charge is 0.0942 e. The molecule has 0 aliphatic heterocycles. The first-order valence-electron chi connectivity index (χ1n) is 9.78. The minimum absolute atomic E-state index is 0.191. The van der Waals surface area contributed by atoms with Gasteiger partial charge in [-0.1, -0.05) is 19.1 Å². The lowest BCUT2D eigenvalue weighted by Gasteiger charge is -2.57. The van der Waals surface area contributed by atoms with E-state index in [2.05, 4.69) is 30.4 Å². The molecule has 1 unspecified atom stereocenters. The molecular weight excluding hydrogens is 298 g/mol. The van der Waals surface area contributed by atoms with Gasteiger partial charge in [0, 0.05) is 12.2 Å². The van der Waals surface area contributed by atoms with Crippen LogP contribution in [0.2, 0.25) is 0 Å². The minimum atomic E-state index is -0.696. The van der Waals surface area contributed by atoms with Crippen molar-refractivity contribution in [3.05, 3.63) is 29.3 Å². The van der Waals surface area contributed by atoms with Crippen molar-refractivity contribution in [3.63, 3.8) is 0 Å². The molecule has 0 saturated heterocycles. The molecule has 0 amide bonds. The topological polar surface area (TPSA) is 52.5 Å². The van der Waals surface area contributed by atoms with Gasteiger partial charge in [-0.05, 0) is 85.3 Å². The lowest BCUT2D eigenvalue weighted by Crippen LogP contribution is -2.48. The van der Waals surface area contributed by atoms with Crippen molar-refractivity contribution in [2.45, 2.75) is 63.4 Å². The molecule has 132 valence electrons. The molecule has 0 aromatic heterocycles. The molecular formula is C21H31NO2. The number of nitrogens with one attached hydrogen (secondary N) is 1. The van der Waals surface area contributed by atoms with Gasteiger partial charge >= 0.3 is 0 Å². The highest BCUT2D eigenvalue weighted by atomic mass is 16.3. The third kappa shape index (κ3) is 2.86. The summed E-state index contributed by atoms with van der Waals surface area (Å²) in [5.41, 5.74) is 4.37. The first kappa shape index (κ1) is 16.4. The number of anilines is 1. The third-order valence-electron chi connectivity index (χ3n) is 6.88. The second-order valence-corrected chi connectivity index (χ2v) is 8.64. The molecule has 1 atom stereocenters. The summed E-state index contributed by atoms with van der Waals surface area (Å²) < 4.78 is 0. The predicted octanol–water partition coefficient (Wildman–Crippen LogP) is 3.48. The van der Waals surface area contributed by atoms with E-state index in [0.717, 1.165) is 29.9 Å². The van der Waals surface area contributed by atoms with E-state index in [1.807, 2.05) is 0 Å². The predicted molar refractivity (Wildman–Crippen MR) is 97.3 cm³/mol. The second kappa shape index (κ2) is 6.34. The van der Waals surface area contributed by atoms with Gasteiger partial charge in [-0.3, -0.25) is 0 Å². The summed E-state index contributed by atoms with van der Waals surface area (Å²) >= 11 is 0. The van der Waals surface area contributed by atoms with Gasteiger partial charge < -0.3 is 15.5 Å². The number of aliphatic hydroxyl groups excluding tert-OH is 2. The van der Waals surface area contributed by atoms with Crippen molar-refractivity contribution in [2.75, 3.05) is 18.5 Å². The van der Waals surface area contributed by atoms with Crippen LogP contribution in [0.1, 0.15) is 56.6 Å². The van der Waals surface area contributed by atoms with E-state index in [1.54, 1.807) is 0 Å². The summed E-state index contributed by atoms with van der Waals surface area (Å²) in [5, 5.41) is 22.1. The molecule has 4 aliphatic carbocycles. The number of hydrogen-bond acceptors (Lipinski definition) is 3. The Morgan fingerprint density at radius 3 is 2.29 bits per heavy atom. The number of aryl methyl sites for hydroxylation is 1. The first-order chi connectivity index (χ1) is 11.6. The fourth-order valence-corrected chi connectivity index (χ4v) is 6.14. The van der Waals surface area contributed by atoms with Crippen LogP contribution in [-0.4, -0.2) is 29.5 Å². The van der Waals surface area contributed by atoms with E-state index in [1.165, 1.54) is 49.7 Å². The summed E-state index contributed by atoms with van der Waals surface area (Å²) in [7, 11) is 0. The molecule has 4 saturated carbocycles. The molecule has 4 fully saturated rings. The molecule has 24 heavy (non-hydrogen) atoms. The van der Waals surface area contributed by atoms with Gasteiger partial charge in [0.2, 0.25) is 0 Å². The van der Waals surface area contributed by atoms with E-state index in [4.69, 9.17) is 5.11 Å². The lowest BCUT2D eigenvalue weighted by atomic mass is 9.48. The molecule has 4 aliphatic rings. The number of benzene rings is 1. The van der Waals surface area contributed by atoms with Crippen LogP contribution >= 0.6 is 0 Å². The van der Waals surface area contributed by atoms with E-state index < -0.39 is 6.10 Å². The standard InChI is InChI=1S/C21H31NO2/c1-2-17-3-4-18(8-20(17)22-12-19(24)13-23)21-9-14-5-15(10-21)7-16(6-14)11-21/h3-4,8,14-16,19,22-24H,2,5-7,9-13H2,1H3. The molecule has 3 nitrogen and oxygen atoms in total. The van der Waals surface area contributed by atoms with Gasteiger partial charge in [0.05, 0.1) is 12.7 Å². The van der Waals surface area contributed by atoms with Crippen molar-refractivity contribution in [1.82, 2.24) is 0 Å². The molecule has 0 radical (unpaired) electrons. The van der Waals surface area contributed by atoms with Crippen LogP contribution in [0.25, 0.3) is 0 Å². The minimum Gasteiger partial charge on any atom is -0.394 e. The highest BCUT2D eigenvalue weighted by molar-refractivity contribution is 5.55. The Hall–Kier alpha value is -1.06. The summed E-state index contributed by atoms with van der Waals surface area (Å²) in [4.78, 5) is 0. The Morgan fingerprint density at radius 2 is 1.75 bits per heavy atom. The maximum absolute atomic E-state index is 9.67. The first-order valence-corrected chi connectivity index (χ1v) is 9.78. The fraction of sp³-hybridized carbons (Fsp3) is 0.714. The number of hydrogen-bond donors (Lipinski definition) is 3. The Balaban J connectivity index is 1.61. The van der Waals surface area contributed by atoms with Crippen LogP contribution in [0.4, 0.5) is 5.69 Å². The van der Waals surface area contributed by atoms with E-state index in [0.29, 0.717) is 12.0 Å². The molecule has 3 heteroatoms. The monoisotopic (exact) mass is 329 g/mol. The van der Waals surface area contributed by atoms with Crippen molar-refractivity contribution in [1.29, 1.82) is 0 Å². The van der Waals surface area contributed by atoms with Crippen LogP contribution < -0.4 is 5.32 Å². The van der Waals surface area contributed by atoms with E-state index >= 15 is 0 Å². The maximum Gasteiger partial charge on any atom is 0.0942 e. The van der Waals surface area contributed by atoms with Crippen molar-refractivity contribution < 1.29 is 10.2 Å². The fourth-order valence-electron chi connectivity index (χ4n) is 6.14. The SMILES string of the molecule is CCc1ccc(C23CC4CC(CC(C4)C2)C3)cc1NCC(O)CO. The Morgan fingerprint density at radius 1 is 1.12 bits per heavy atom. The Kier molecular flexibility index (Phi) is 4.34. The number of rotatable bonds is 6. The van der Waals surface area contributed by atoms with Crippen LogP contribution in [0, 0.1) is 17.8 Å². The van der Waals surface area contributed by atoms with Gasteiger partial charge in [0.15, 0.2) is 0 Å². The molecule has 1 aromatic rings. The van der Waals surface area contributed by atoms with Gasteiger partial charge in [-0.15, -0.1) is 0 Å². The molecule has 3 N–H and O–H groups in total. The molecule has 1 aromatic carbocycles. The number of aliphatic hydroxyl groups is 2. The zero-order valence-electron chi connectivity index (χ0n) is 14.8. The largest absolute Gasteiger partial charge is 0.394 e. The zero-order chi connectivity index (χ0) is 16.7. The molecule has 5 rings (SSSR count). The third-order valence-corrected chi connectivity index (χ3v) is 6.88. The molecule has 0 heterocycles. The van der Waals surface area contributed by atoms with Gasteiger partial charge in [0.25, 0.3) is 0 Å². The van der Waals surface area contributed by atoms with Gasteiger partial charge in [-0.25, -0.2) is 0 Å². The van der Waals surface area contributed by atoms with Crippen LogP contribution in [-0.2, 0) is 11.8 Å². The molecule has 0 spiro atoms. The molecule has 4 bridgehead atoms. The van der Waals surface area contributed by atoms with Crippen LogP contribution in [0.5, 0.6) is 0 Å². The van der Waals surface area contributed by atoms with Crippen molar-refractivity contribution in [2.24, 2.45) is 17.8 Å². The normalized spacial score (nSPS) is 35.2. The van der Waals surface area contributed by atoms with Gasteiger partial charge in [-0.2, -0.15) is 0 Å². The average molecular weight is 329 g/mol. The summed E-state index contributed by atoms with van der Waals surface area (Å²) in [6.45, 7) is 2.39. The highest BCUT2D eigenvalue weighted by Crippen LogP contribution is 2.60. The summed E-state index contributed by atoms with van der Waals surface area (Å²) in [6, 6.07) is 7.01. The van der Waals surface area contributed by atoms with Gasteiger partial charge in [0.1, 0.15) is 0 Å².